The van der Waals surface area contributed by atoms with Crippen LogP contribution in [0.25, 0.3) is 0 Å². The predicted octanol–water partition coefficient (Wildman–Crippen LogP) is 3.10. The average Bonchev–Trinajstić information content (AvgIpc) is 2.33. The minimum absolute atomic E-state index is 0.0888. The number of phenols is 1. The highest BCUT2D eigenvalue weighted by Gasteiger charge is 2.21. The van der Waals surface area contributed by atoms with E-state index in [0.717, 1.165) is 0 Å². The van der Waals surface area contributed by atoms with Gasteiger partial charge in [0.1, 0.15) is 17.1 Å². The number of aryl methyl sites for hydroxylation is 1. The van der Waals surface area contributed by atoms with Crippen molar-refractivity contribution in [2.45, 2.75) is 27.7 Å². The molecule has 0 radical (unpaired) electrons. The molecule has 1 aromatic rings. The van der Waals surface area contributed by atoms with Crippen LogP contribution in [0, 0.1) is 13.8 Å². The first-order valence-corrected chi connectivity index (χ1v) is 5.81. The highest BCUT2D eigenvalue weighted by Crippen LogP contribution is 2.33. The highest BCUT2D eigenvalue weighted by molar-refractivity contribution is 5.95. The van der Waals surface area contributed by atoms with Crippen molar-refractivity contribution in [3.8, 4) is 11.5 Å². The van der Waals surface area contributed by atoms with E-state index in [1.165, 1.54) is 6.26 Å². The molecule has 0 fully saturated rings. The molecule has 0 amide bonds. The number of rotatable bonds is 4. The molecule has 0 heterocycles. The standard InChI is InChI=1S/C14H18O4/c1-5-7-18-11-8-9(3)13(15)10(4)12(11)14(16)17-6-2/h5,7-8,15H,6H2,1-4H3/b7-5+. The van der Waals surface area contributed by atoms with Crippen LogP contribution in [0.5, 0.6) is 11.5 Å². The van der Waals surface area contributed by atoms with Gasteiger partial charge in [-0.25, -0.2) is 4.79 Å². The monoisotopic (exact) mass is 250 g/mol. The van der Waals surface area contributed by atoms with Gasteiger partial charge in [0.2, 0.25) is 0 Å². The molecule has 0 saturated heterocycles. The third-order valence-electron chi connectivity index (χ3n) is 2.51. The maximum atomic E-state index is 11.9. The van der Waals surface area contributed by atoms with Crippen molar-refractivity contribution in [3.05, 3.63) is 35.1 Å². The lowest BCUT2D eigenvalue weighted by molar-refractivity contribution is 0.0522. The van der Waals surface area contributed by atoms with Crippen LogP contribution in [0.15, 0.2) is 18.4 Å². The Bertz CT molecular complexity index is 475. The molecule has 1 N–H and O–H groups in total. The lowest BCUT2D eigenvalue weighted by Crippen LogP contribution is -2.09. The zero-order valence-electron chi connectivity index (χ0n) is 11.1. The maximum absolute atomic E-state index is 11.9. The fourth-order valence-corrected chi connectivity index (χ4v) is 1.63. The van der Waals surface area contributed by atoms with Crippen LogP contribution >= 0.6 is 0 Å². The Hall–Kier alpha value is -1.97. The Morgan fingerprint density at radius 3 is 2.67 bits per heavy atom. The number of carbonyl (C=O) groups excluding carboxylic acids is 1. The molecule has 0 spiro atoms. The molecule has 1 rings (SSSR count). The van der Waals surface area contributed by atoms with Gasteiger partial charge in [0.25, 0.3) is 0 Å². The second-order valence-corrected chi connectivity index (χ2v) is 3.85. The summed E-state index contributed by atoms with van der Waals surface area (Å²) in [6.07, 6.45) is 3.19. The van der Waals surface area contributed by atoms with Crippen LogP contribution in [-0.2, 0) is 4.74 Å². The summed E-state index contributed by atoms with van der Waals surface area (Å²) in [5.41, 5.74) is 1.38. The summed E-state index contributed by atoms with van der Waals surface area (Å²) in [5.74, 6) is -0.0185. The summed E-state index contributed by atoms with van der Waals surface area (Å²) in [6, 6.07) is 1.62. The van der Waals surface area contributed by atoms with Crippen molar-refractivity contribution < 1.29 is 19.4 Å². The number of carbonyl (C=O) groups is 1. The SMILES string of the molecule is C/C=C/Oc1cc(C)c(O)c(C)c1C(=O)OCC. The second kappa shape index (κ2) is 6.10. The van der Waals surface area contributed by atoms with E-state index >= 15 is 0 Å². The van der Waals surface area contributed by atoms with Crippen LogP contribution in [-0.4, -0.2) is 17.7 Å². The van der Waals surface area contributed by atoms with Gasteiger partial charge in [-0.2, -0.15) is 0 Å². The molecule has 0 aliphatic carbocycles. The largest absolute Gasteiger partial charge is 0.507 e. The predicted molar refractivity (Wildman–Crippen MR) is 69.0 cm³/mol. The van der Waals surface area contributed by atoms with Gasteiger partial charge in [0.05, 0.1) is 12.9 Å². The quantitative estimate of drug-likeness (QED) is 0.659. The molecular weight excluding hydrogens is 232 g/mol. The van der Waals surface area contributed by atoms with Crippen molar-refractivity contribution in [2.75, 3.05) is 6.61 Å². The topological polar surface area (TPSA) is 55.8 Å². The zero-order chi connectivity index (χ0) is 13.7. The summed E-state index contributed by atoms with van der Waals surface area (Å²) >= 11 is 0. The van der Waals surface area contributed by atoms with E-state index < -0.39 is 5.97 Å². The molecule has 98 valence electrons. The smallest absolute Gasteiger partial charge is 0.342 e. The van der Waals surface area contributed by atoms with Gasteiger partial charge in [-0.05, 0) is 39.3 Å². The first kappa shape index (κ1) is 14.1. The van der Waals surface area contributed by atoms with E-state index in [1.807, 2.05) is 6.92 Å². The maximum Gasteiger partial charge on any atom is 0.342 e. The van der Waals surface area contributed by atoms with Crippen LogP contribution < -0.4 is 4.74 Å². The molecule has 0 saturated carbocycles. The summed E-state index contributed by atoms with van der Waals surface area (Å²) < 4.78 is 10.3. The number of hydrogen-bond acceptors (Lipinski definition) is 4. The number of aromatic hydroxyl groups is 1. The molecule has 0 unspecified atom stereocenters. The average molecular weight is 250 g/mol. The van der Waals surface area contributed by atoms with E-state index in [2.05, 4.69) is 0 Å². The molecule has 0 aliphatic heterocycles. The van der Waals surface area contributed by atoms with Gasteiger partial charge in [0, 0.05) is 5.56 Å². The number of allylic oxidation sites excluding steroid dienone is 1. The Morgan fingerprint density at radius 1 is 1.44 bits per heavy atom. The van der Waals surface area contributed by atoms with Gasteiger partial charge in [-0.1, -0.05) is 6.08 Å². The van der Waals surface area contributed by atoms with Crippen molar-refractivity contribution in [3.63, 3.8) is 0 Å². The Balaban J connectivity index is 3.34. The molecule has 0 atom stereocenters. The van der Waals surface area contributed by atoms with Crippen molar-refractivity contribution in [1.29, 1.82) is 0 Å². The summed E-state index contributed by atoms with van der Waals surface area (Å²) in [6.45, 7) is 7.23. The van der Waals surface area contributed by atoms with Gasteiger partial charge in [-0.3, -0.25) is 0 Å². The van der Waals surface area contributed by atoms with Crippen molar-refractivity contribution >= 4 is 5.97 Å². The summed E-state index contributed by atoms with van der Waals surface area (Å²) in [5, 5.41) is 9.87. The molecule has 0 bridgehead atoms. The number of hydrogen-bond donors (Lipinski definition) is 1. The van der Waals surface area contributed by atoms with Crippen LogP contribution in [0.1, 0.15) is 35.3 Å². The Morgan fingerprint density at radius 2 is 2.11 bits per heavy atom. The molecule has 4 heteroatoms. The molecule has 0 aliphatic rings. The molecule has 0 aromatic heterocycles. The van der Waals surface area contributed by atoms with Crippen LogP contribution in [0.2, 0.25) is 0 Å². The first-order valence-electron chi connectivity index (χ1n) is 5.81. The molecule has 4 nitrogen and oxygen atoms in total. The van der Waals surface area contributed by atoms with E-state index in [0.29, 0.717) is 16.9 Å². The fraction of sp³-hybridized carbons (Fsp3) is 0.357. The lowest BCUT2D eigenvalue weighted by atomic mass is 10.0. The van der Waals surface area contributed by atoms with E-state index in [9.17, 15) is 9.90 Å². The highest BCUT2D eigenvalue weighted by atomic mass is 16.5. The Labute approximate surface area is 107 Å². The third-order valence-corrected chi connectivity index (χ3v) is 2.51. The van der Waals surface area contributed by atoms with Crippen LogP contribution in [0.3, 0.4) is 0 Å². The number of esters is 1. The second-order valence-electron chi connectivity index (χ2n) is 3.85. The van der Waals surface area contributed by atoms with E-state index in [1.54, 1.807) is 32.9 Å². The molecule has 18 heavy (non-hydrogen) atoms. The number of phenolic OH excluding ortho intramolecular Hbond substituents is 1. The number of benzene rings is 1. The van der Waals surface area contributed by atoms with E-state index in [-0.39, 0.29) is 17.9 Å². The van der Waals surface area contributed by atoms with Crippen LogP contribution in [0.4, 0.5) is 0 Å². The van der Waals surface area contributed by atoms with Gasteiger partial charge < -0.3 is 14.6 Å². The zero-order valence-corrected chi connectivity index (χ0v) is 11.1. The minimum atomic E-state index is -0.496. The van der Waals surface area contributed by atoms with Crippen molar-refractivity contribution in [2.24, 2.45) is 0 Å². The summed E-state index contributed by atoms with van der Waals surface area (Å²) in [4.78, 5) is 11.9. The minimum Gasteiger partial charge on any atom is -0.507 e. The molecular formula is C14H18O4. The van der Waals surface area contributed by atoms with E-state index in [4.69, 9.17) is 9.47 Å². The van der Waals surface area contributed by atoms with Gasteiger partial charge >= 0.3 is 5.97 Å². The van der Waals surface area contributed by atoms with Gasteiger partial charge in [-0.15, -0.1) is 0 Å². The van der Waals surface area contributed by atoms with Gasteiger partial charge in [0.15, 0.2) is 0 Å². The normalized spacial score (nSPS) is 10.7. The summed E-state index contributed by atoms with van der Waals surface area (Å²) in [7, 11) is 0. The lowest BCUT2D eigenvalue weighted by Gasteiger charge is -2.14. The number of ether oxygens (including phenoxy) is 2. The third kappa shape index (κ3) is 2.83. The fourth-order valence-electron chi connectivity index (χ4n) is 1.63. The molecule has 1 aromatic carbocycles. The first-order chi connectivity index (χ1) is 8.52. The Kier molecular flexibility index (Phi) is 4.77. The van der Waals surface area contributed by atoms with Crippen molar-refractivity contribution in [1.82, 2.24) is 0 Å².